The van der Waals surface area contributed by atoms with Gasteiger partial charge in [0.1, 0.15) is 5.70 Å². The van der Waals surface area contributed by atoms with Gasteiger partial charge in [-0.2, -0.15) is 0 Å². The van der Waals surface area contributed by atoms with E-state index in [1.807, 2.05) is 36.4 Å². The Bertz CT molecular complexity index is 1730. The third-order valence-electron chi connectivity index (χ3n) is 6.96. The molecular formula is C36H35N3O5S. The Hall–Kier alpha value is -5.15. The van der Waals surface area contributed by atoms with Crippen molar-refractivity contribution >= 4 is 52.9 Å². The molecule has 9 heteroatoms. The zero-order valence-corrected chi connectivity index (χ0v) is 26.3. The summed E-state index contributed by atoms with van der Waals surface area (Å²) in [6.45, 7) is 7.73. The molecule has 0 spiro atoms. The van der Waals surface area contributed by atoms with Gasteiger partial charge in [-0.1, -0.05) is 68.4 Å². The van der Waals surface area contributed by atoms with Crippen molar-refractivity contribution in [2.75, 3.05) is 10.6 Å². The van der Waals surface area contributed by atoms with Gasteiger partial charge in [0.25, 0.3) is 11.8 Å². The molecule has 45 heavy (non-hydrogen) atoms. The van der Waals surface area contributed by atoms with Gasteiger partial charge in [0.05, 0.1) is 10.8 Å². The number of carbonyl (C=O) groups is 4. The molecule has 230 valence electrons. The lowest BCUT2D eigenvalue weighted by Crippen LogP contribution is -2.30. The number of aromatic carboxylic acids is 1. The Morgan fingerprint density at radius 3 is 2.16 bits per heavy atom. The molecule has 1 unspecified atom stereocenters. The molecule has 4 aromatic carbocycles. The number of hydrogen-bond donors (Lipinski definition) is 4. The van der Waals surface area contributed by atoms with E-state index >= 15 is 0 Å². The highest BCUT2D eigenvalue weighted by molar-refractivity contribution is 8.00. The van der Waals surface area contributed by atoms with E-state index in [0.717, 1.165) is 21.6 Å². The molecule has 0 radical (unpaired) electrons. The minimum absolute atomic E-state index is 0.0749. The van der Waals surface area contributed by atoms with Crippen molar-refractivity contribution in [3.05, 3.63) is 131 Å². The molecule has 0 fully saturated rings. The van der Waals surface area contributed by atoms with Crippen molar-refractivity contribution in [3.8, 4) is 0 Å². The van der Waals surface area contributed by atoms with Crippen LogP contribution in [0.1, 0.15) is 64.1 Å². The zero-order valence-electron chi connectivity index (χ0n) is 25.5. The van der Waals surface area contributed by atoms with Crippen LogP contribution in [0.3, 0.4) is 0 Å². The molecule has 4 N–H and O–H groups in total. The molecule has 0 saturated heterocycles. The molecule has 0 aromatic heterocycles. The Balaban J connectivity index is 1.49. The predicted octanol–water partition coefficient (Wildman–Crippen LogP) is 7.35. The second-order valence-corrected chi connectivity index (χ2v) is 12.2. The lowest BCUT2D eigenvalue weighted by molar-refractivity contribution is -0.115. The molecular weight excluding hydrogens is 586 g/mol. The number of rotatable bonds is 11. The number of carbonyl (C=O) groups excluding carboxylic acids is 3. The molecule has 0 saturated carbocycles. The van der Waals surface area contributed by atoms with Crippen molar-refractivity contribution in [3.63, 3.8) is 0 Å². The van der Waals surface area contributed by atoms with Gasteiger partial charge in [0, 0.05) is 21.8 Å². The van der Waals surface area contributed by atoms with Crippen LogP contribution in [0, 0.1) is 6.92 Å². The summed E-state index contributed by atoms with van der Waals surface area (Å²) in [5.74, 6) is -1.93. The normalized spacial score (nSPS) is 11.9. The molecule has 0 aliphatic rings. The Morgan fingerprint density at radius 1 is 0.778 bits per heavy atom. The van der Waals surface area contributed by atoms with Crippen LogP contribution in [0.25, 0.3) is 6.08 Å². The van der Waals surface area contributed by atoms with E-state index in [9.17, 15) is 24.3 Å². The monoisotopic (exact) mass is 621 g/mol. The highest BCUT2D eigenvalue weighted by atomic mass is 32.2. The number of benzene rings is 4. The van der Waals surface area contributed by atoms with Gasteiger partial charge in [-0.05, 0) is 85.0 Å². The zero-order chi connectivity index (χ0) is 32.5. The van der Waals surface area contributed by atoms with Crippen LogP contribution < -0.4 is 16.0 Å². The average Bonchev–Trinajstić information content (AvgIpc) is 3.02. The first-order valence-electron chi connectivity index (χ1n) is 14.4. The van der Waals surface area contributed by atoms with E-state index in [4.69, 9.17) is 0 Å². The summed E-state index contributed by atoms with van der Waals surface area (Å²) >= 11 is 1.29. The van der Waals surface area contributed by atoms with E-state index in [2.05, 4.69) is 29.8 Å². The molecule has 8 nitrogen and oxygen atoms in total. The Kier molecular flexibility index (Phi) is 10.9. The predicted molar refractivity (Wildman–Crippen MR) is 180 cm³/mol. The number of amides is 3. The summed E-state index contributed by atoms with van der Waals surface area (Å²) in [5.41, 5.74) is 4.16. The van der Waals surface area contributed by atoms with E-state index in [1.165, 1.54) is 23.9 Å². The minimum Gasteiger partial charge on any atom is -0.478 e. The second-order valence-electron chi connectivity index (χ2n) is 10.8. The minimum atomic E-state index is -1.08. The molecule has 3 amide bonds. The molecule has 4 aromatic rings. The maximum Gasteiger partial charge on any atom is 0.335 e. The molecule has 0 aliphatic heterocycles. The summed E-state index contributed by atoms with van der Waals surface area (Å²) in [6, 6.07) is 28.1. The van der Waals surface area contributed by atoms with E-state index < -0.39 is 23.0 Å². The maximum absolute atomic E-state index is 13.5. The summed E-state index contributed by atoms with van der Waals surface area (Å²) in [4.78, 5) is 51.5. The second kappa shape index (κ2) is 15.0. The topological polar surface area (TPSA) is 125 Å². The number of thioether (sulfide) groups is 1. The fourth-order valence-corrected chi connectivity index (χ4v) is 5.24. The van der Waals surface area contributed by atoms with Gasteiger partial charge in [-0.15, -0.1) is 11.8 Å². The van der Waals surface area contributed by atoms with Gasteiger partial charge in [-0.25, -0.2) is 4.79 Å². The van der Waals surface area contributed by atoms with Crippen molar-refractivity contribution in [2.24, 2.45) is 0 Å². The first kappa shape index (κ1) is 32.8. The van der Waals surface area contributed by atoms with Gasteiger partial charge < -0.3 is 21.1 Å². The standard InChI is InChI=1S/C36H35N3O5S/c1-22(2)26-17-14-25(15-18-26)19-32(39-34(41)27-9-6-5-7-10-27)35(42)37-29-11-8-12-30(21-29)45-24(4)33(40)38-31-20-28(36(43)44)16-13-23(31)3/h5-22,24H,1-4H3,(H,37,42)(H,38,40)(H,39,41)(H,43,44)/b32-19+. The first-order valence-corrected chi connectivity index (χ1v) is 15.3. The van der Waals surface area contributed by atoms with E-state index in [1.54, 1.807) is 68.5 Å². The van der Waals surface area contributed by atoms with Gasteiger partial charge in [0.15, 0.2) is 0 Å². The van der Waals surface area contributed by atoms with Crippen molar-refractivity contribution in [1.29, 1.82) is 0 Å². The average molecular weight is 622 g/mol. The lowest BCUT2D eigenvalue weighted by atomic mass is 10.0. The van der Waals surface area contributed by atoms with Crippen LogP contribution in [0.4, 0.5) is 11.4 Å². The van der Waals surface area contributed by atoms with Crippen LogP contribution in [0.2, 0.25) is 0 Å². The number of anilines is 2. The molecule has 1 atom stereocenters. The molecule has 0 aliphatic carbocycles. The third-order valence-corrected chi connectivity index (χ3v) is 8.05. The number of carboxylic acids is 1. The maximum atomic E-state index is 13.5. The summed E-state index contributed by atoms with van der Waals surface area (Å²) < 4.78 is 0. The molecule has 0 bridgehead atoms. The highest BCUT2D eigenvalue weighted by Gasteiger charge is 2.18. The summed E-state index contributed by atoms with van der Waals surface area (Å²) in [6.07, 6.45) is 1.63. The molecule has 0 heterocycles. The van der Waals surface area contributed by atoms with Gasteiger partial charge >= 0.3 is 5.97 Å². The fourth-order valence-electron chi connectivity index (χ4n) is 4.31. The fraction of sp³-hybridized carbons (Fsp3) is 0.167. The van der Waals surface area contributed by atoms with E-state index in [0.29, 0.717) is 22.9 Å². The largest absolute Gasteiger partial charge is 0.478 e. The van der Waals surface area contributed by atoms with E-state index in [-0.39, 0.29) is 17.2 Å². The lowest BCUT2D eigenvalue weighted by Gasteiger charge is -2.15. The quantitative estimate of drug-likeness (QED) is 0.103. The number of aryl methyl sites for hydroxylation is 1. The summed E-state index contributed by atoms with van der Waals surface area (Å²) in [7, 11) is 0. The summed E-state index contributed by atoms with van der Waals surface area (Å²) in [5, 5.41) is 17.2. The SMILES string of the molecule is Cc1ccc(C(=O)O)cc1NC(=O)C(C)Sc1cccc(NC(=O)/C(=C\c2ccc(C(C)C)cc2)NC(=O)c2ccccc2)c1. The number of hydrogen-bond acceptors (Lipinski definition) is 5. The van der Waals surface area contributed by atoms with Gasteiger partial charge in [-0.3, -0.25) is 14.4 Å². The molecule has 4 rings (SSSR count). The van der Waals surface area contributed by atoms with Crippen molar-refractivity contribution in [2.45, 2.75) is 43.8 Å². The van der Waals surface area contributed by atoms with Crippen LogP contribution in [-0.4, -0.2) is 34.0 Å². The number of nitrogens with one attached hydrogen (secondary N) is 3. The third kappa shape index (κ3) is 9.17. The van der Waals surface area contributed by atoms with Crippen LogP contribution in [0.15, 0.2) is 108 Å². The Labute approximate surface area is 267 Å². The van der Waals surface area contributed by atoms with Crippen LogP contribution in [-0.2, 0) is 9.59 Å². The highest BCUT2D eigenvalue weighted by Crippen LogP contribution is 2.28. The van der Waals surface area contributed by atoms with Crippen molar-refractivity contribution < 1.29 is 24.3 Å². The van der Waals surface area contributed by atoms with Crippen LogP contribution in [0.5, 0.6) is 0 Å². The first-order chi connectivity index (χ1) is 21.5. The Morgan fingerprint density at radius 2 is 1.49 bits per heavy atom. The van der Waals surface area contributed by atoms with Gasteiger partial charge in [0.2, 0.25) is 5.91 Å². The van der Waals surface area contributed by atoms with Crippen molar-refractivity contribution in [1.82, 2.24) is 5.32 Å². The smallest absolute Gasteiger partial charge is 0.335 e. The van der Waals surface area contributed by atoms with Crippen LogP contribution >= 0.6 is 11.8 Å². The number of carboxylic acid groups (broad SMARTS) is 1.